The molecule has 8 heteroatoms. The highest BCUT2D eigenvalue weighted by Gasteiger charge is 2.32. The summed E-state index contributed by atoms with van der Waals surface area (Å²) in [5.41, 5.74) is -0.990. The molecular formula is C11H13ClF3NO2S. The predicted octanol–water partition coefficient (Wildman–Crippen LogP) is 2.95. The van der Waals surface area contributed by atoms with Crippen LogP contribution in [0, 0.1) is 0 Å². The molecule has 0 heterocycles. The number of hydrogen-bond donors (Lipinski definition) is 0. The van der Waals surface area contributed by atoms with Crippen LogP contribution in [0.5, 0.6) is 0 Å². The number of sulfonamides is 1. The van der Waals surface area contributed by atoms with Crippen LogP contribution in [0.3, 0.4) is 0 Å². The van der Waals surface area contributed by atoms with Crippen LogP contribution >= 0.6 is 11.6 Å². The van der Waals surface area contributed by atoms with Crippen molar-refractivity contribution in [3.05, 3.63) is 29.8 Å². The molecule has 0 aromatic heterocycles. The second-order valence-corrected chi connectivity index (χ2v) is 6.03. The van der Waals surface area contributed by atoms with E-state index in [1.807, 2.05) is 0 Å². The van der Waals surface area contributed by atoms with Crippen LogP contribution in [-0.4, -0.2) is 31.7 Å². The van der Waals surface area contributed by atoms with Gasteiger partial charge < -0.3 is 0 Å². The first kappa shape index (κ1) is 16.3. The molecule has 108 valence electrons. The van der Waals surface area contributed by atoms with Gasteiger partial charge in [0, 0.05) is 19.0 Å². The van der Waals surface area contributed by atoms with Crippen LogP contribution in [0.2, 0.25) is 0 Å². The van der Waals surface area contributed by atoms with Gasteiger partial charge in [-0.05, 0) is 18.2 Å². The Morgan fingerprint density at radius 2 is 1.95 bits per heavy atom. The molecule has 0 N–H and O–H groups in total. The molecule has 0 amide bonds. The van der Waals surface area contributed by atoms with Crippen LogP contribution in [0.4, 0.5) is 13.2 Å². The molecule has 0 saturated carbocycles. The molecule has 0 saturated heterocycles. The standard InChI is InChI=1S/C11H13ClF3NO2S/c1-2-16(7-6-12)19(17,18)10-5-3-4-9(8-10)11(13,14)15/h3-5,8H,2,6-7H2,1H3. The first-order chi connectivity index (χ1) is 8.73. The molecule has 0 radical (unpaired) electrons. The molecule has 0 bridgehead atoms. The number of halogens is 4. The molecule has 0 atom stereocenters. The maximum Gasteiger partial charge on any atom is 0.416 e. The fourth-order valence-corrected chi connectivity index (χ4v) is 3.32. The van der Waals surface area contributed by atoms with Gasteiger partial charge in [-0.1, -0.05) is 13.0 Å². The lowest BCUT2D eigenvalue weighted by Crippen LogP contribution is -2.32. The lowest BCUT2D eigenvalue weighted by molar-refractivity contribution is -0.137. The minimum Gasteiger partial charge on any atom is -0.207 e. The van der Waals surface area contributed by atoms with Crippen molar-refractivity contribution in [3.63, 3.8) is 0 Å². The molecule has 0 aliphatic rings. The number of benzene rings is 1. The maximum absolute atomic E-state index is 12.6. The molecule has 1 aromatic carbocycles. The van der Waals surface area contributed by atoms with E-state index < -0.39 is 21.8 Å². The van der Waals surface area contributed by atoms with Gasteiger partial charge in [0.1, 0.15) is 0 Å². The Bertz CT molecular complexity index is 531. The third-order valence-corrected chi connectivity index (χ3v) is 4.63. The second kappa shape index (κ2) is 6.11. The van der Waals surface area contributed by atoms with Crippen LogP contribution in [0.25, 0.3) is 0 Å². The maximum atomic E-state index is 12.6. The van der Waals surface area contributed by atoms with Crippen molar-refractivity contribution in [3.8, 4) is 0 Å². The Morgan fingerprint density at radius 3 is 2.42 bits per heavy atom. The van der Waals surface area contributed by atoms with E-state index in [1.54, 1.807) is 6.92 Å². The average Bonchev–Trinajstić information content (AvgIpc) is 2.34. The third-order valence-electron chi connectivity index (χ3n) is 2.49. The lowest BCUT2D eigenvalue weighted by atomic mass is 10.2. The zero-order chi connectivity index (χ0) is 14.7. The fraction of sp³-hybridized carbons (Fsp3) is 0.455. The highest BCUT2D eigenvalue weighted by molar-refractivity contribution is 7.89. The summed E-state index contributed by atoms with van der Waals surface area (Å²) in [6.45, 7) is 1.79. The summed E-state index contributed by atoms with van der Waals surface area (Å²) in [6.07, 6.45) is -4.57. The molecule has 0 aliphatic heterocycles. The fourth-order valence-electron chi connectivity index (χ4n) is 1.52. The van der Waals surface area contributed by atoms with E-state index >= 15 is 0 Å². The van der Waals surface area contributed by atoms with Crippen molar-refractivity contribution in [2.45, 2.75) is 18.0 Å². The largest absolute Gasteiger partial charge is 0.416 e. The van der Waals surface area contributed by atoms with Gasteiger partial charge in [-0.3, -0.25) is 0 Å². The van der Waals surface area contributed by atoms with Gasteiger partial charge in [-0.15, -0.1) is 11.6 Å². The highest BCUT2D eigenvalue weighted by atomic mass is 35.5. The highest BCUT2D eigenvalue weighted by Crippen LogP contribution is 2.31. The normalized spacial score (nSPS) is 12.9. The number of rotatable bonds is 5. The predicted molar refractivity (Wildman–Crippen MR) is 66.6 cm³/mol. The molecule has 1 rings (SSSR count). The molecular weight excluding hydrogens is 303 g/mol. The molecule has 19 heavy (non-hydrogen) atoms. The van der Waals surface area contributed by atoms with E-state index in [2.05, 4.69) is 0 Å². The van der Waals surface area contributed by atoms with E-state index in [-0.39, 0.29) is 23.9 Å². The van der Waals surface area contributed by atoms with Crippen LogP contribution < -0.4 is 0 Å². The molecule has 0 unspecified atom stereocenters. The molecule has 0 aliphatic carbocycles. The zero-order valence-corrected chi connectivity index (χ0v) is 11.7. The van der Waals surface area contributed by atoms with E-state index in [0.29, 0.717) is 6.07 Å². The topological polar surface area (TPSA) is 37.4 Å². The van der Waals surface area contributed by atoms with Gasteiger partial charge in [0.2, 0.25) is 10.0 Å². The second-order valence-electron chi connectivity index (χ2n) is 3.71. The summed E-state index contributed by atoms with van der Waals surface area (Å²) < 4.78 is 63.0. The smallest absolute Gasteiger partial charge is 0.207 e. The molecule has 3 nitrogen and oxygen atoms in total. The number of hydrogen-bond acceptors (Lipinski definition) is 2. The summed E-state index contributed by atoms with van der Waals surface area (Å²) >= 11 is 5.49. The van der Waals surface area contributed by atoms with Crippen LogP contribution in [0.15, 0.2) is 29.2 Å². The molecule has 0 spiro atoms. The quantitative estimate of drug-likeness (QED) is 0.783. The van der Waals surface area contributed by atoms with E-state index in [1.165, 1.54) is 0 Å². The zero-order valence-electron chi connectivity index (χ0n) is 10.1. The van der Waals surface area contributed by atoms with Gasteiger partial charge >= 0.3 is 6.18 Å². The van der Waals surface area contributed by atoms with E-state index in [9.17, 15) is 21.6 Å². The van der Waals surface area contributed by atoms with Gasteiger partial charge in [0.25, 0.3) is 0 Å². The first-order valence-electron chi connectivity index (χ1n) is 5.47. The van der Waals surface area contributed by atoms with Crippen LogP contribution in [-0.2, 0) is 16.2 Å². The van der Waals surface area contributed by atoms with Crippen molar-refractivity contribution in [2.75, 3.05) is 19.0 Å². The summed E-state index contributed by atoms with van der Waals surface area (Å²) in [7, 11) is -3.95. The Hall–Kier alpha value is -0.790. The Balaban J connectivity index is 3.22. The Labute approximate surface area is 115 Å². The first-order valence-corrected chi connectivity index (χ1v) is 7.44. The van der Waals surface area contributed by atoms with Gasteiger partial charge in [-0.2, -0.15) is 17.5 Å². The van der Waals surface area contributed by atoms with Crippen LogP contribution in [0.1, 0.15) is 12.5 Å². The van der Waals surface area contributed by atoms with Gasteiger partial charge in [-0.25, -0.2) is 8.42 Å². The minimum absolute atomic E-state index is 0.0522. The minimum atomic E-state index is -4.57. The Morgan fingerprint density at radius 1 is 1.32 bits per heavy atom. The summed E-state index contributed by atoms with van der Waals surface area (Å²) in [4.78, 5) is -0.380. The average molecular weight is 316 g/mol. The van der Waals surface area contributed by atoms with E-state index in [0.717, 1.165) is 22.5 Å². The monoisotopic (exact) mass is 315 g/mol. The number of nitrogens with zero attached hydrogens (tertiary/aromatic N) is 1. The summed E-state index contributed by atoms with van der Waals surface area (Å²) in [5.74, 6) is 0.0754. The lowest BCUT2D eigenvalue weighted by Gasteiger charge is -2.19. The van der Waals surface area contributed by atoms with Crippen molar-refractivity contribution in [1.29, 1.82) is 0 Å². The molecule has 0 fully saturated rings. The summed E-state index contributed by atoms with van der Waals surface area (Å²) in [5, 5.41) is 0. The van der Waals surface area contributed by atoms with Crippen molar-refractivity contribution >= 4 is 21.6 Å². The van der Waals surface area contributed by atoms with Crippen molar-refractivity contribution in [1.82, 2.24) is 4.31 Å². The SMILES string of the molecule is CCN(CCCl)S(=O)(=O)c1cccc(C(F)(F)F)c1. The third kappa shape index (κ3) is 3.84. The molecule has 1 aromatic rings. The van der Waals surface area contributed by atoms with Crippen molar-refractivity contribution in [2.24, 2.45) is 0 Å². The van der Waals surface area contributed by atoms with Crippen molar-refractivity contribution < 1.29 is 21.6 Å². The van der Waals surface area contributed by atoms with Gasteiger partial charge in [0.15, 0.2) is 0 Å². The van der Waals surface area contributed by atoms with Gasteiger partial charge in [0.05, 0.1) is 10.5 Å². The Kier molecular flexibility index (Phi) is 5.23. The summed E-state index contributed by atoms with van der Waals surface area (Å²) in [6, 6.07) is 3.68. The van der Waals surface area contributed by atoms with E-state index in [4.69, 9.17) is 11.6 Å². The number of alkyl halides is 4.